The molecule has 0 radical (unpaired) electrons. The normalized spacial score (nSPS) is 21.2. The molecule has 33 heavy (non-hydrogen) atoms. The number of nitrogens with zero attached hydrogens (tertiary/aromatic N) is 3. The predicted octanol–water partition coefficient (Wildman–Crippen LogP) is 2.45. The van der Waals surface area contributed by atoms with Gasteiger partial charge in [0.25, 0.3) is 0 Å². The fourth-order valence-electron chi connectivity index (χ4n) is 4.31. The van der Waals surface area contributed by atoms with Gasteiger partial charge >= 0.3 is 12.1 Å². The number of aromatic nitrogens is 1. The maximum Gasteiger partial charge on any atom is 0.490 e. The van der Waals surface area contributed by atoms with E-state index in [1.165, 1.54) is 0 Å². The number of pyridine rings is 1. The Bertz CT molecular complexity index is 934. The molecule has 1 aromatic heterocycles. The lowest BCUT2D eigenvalue weighted by Gasteiger charge is -2.46. The van der Waals surface area contributed by atoms with Gasteiger partial charge < -0.3 is 10.0 Å². The Morgan fingerprint density at radius 3 is 2.09 bits per heavy atom. The number of hydrogen-bond donors (Lipinski definition) is 1. The first-order chi connectivity index (χ1) is 15.4. The first kappa shape index (κ1) is 25.4. The summed E-state index contributed by atoms with van der Waals surface area (Å²) in [4.78, 5) is 27.4. The van der Waals surface area contributed by atoms with Gasteiger partial charge in [-0.1, -0.05) is 6.07 Å². The van der Waals surface area contributed by atoms with E-state index < -0.39 is 22.2 Å². The van der Waals surface area contributed by atoms with Gasteiger partial charge in [-0.2, -0.15) is 13.2 Å². The number of amides is 1. The topological polar surface area (TPSA) is 108 Å². The van der Waals surface area contributed by atoms with E-state index in [4.69, 9.17) is 9.90 Å². The second-order valence-corrected chi connectivity index (χ2v) is 11.1. The highest BCUT2D eigenvalue weighted by atomic mass is 32.2. The molecule has 2 aliphatic heterocycles. The Morgan fingerprint density at radius 1 is 1.09 bits per heavy atom. The van der Waals surface area contributed by atoms with Crippen molar-refractivity contribution in [3.63, 3.8) is 0 Å². The minimum absolute atomic E-state index is 0.108. The Morgan fingerprint density at radius 2 is 1.64 bits per heavy atom. The molecule has 184 valence electrons. The van der Waals surface area contributed by atoms with Crippen LogP contribution in [0.1, 0.15) is 44.1 Å². The van der Waals surface area contributed by atoms with Crippen LogP contribution in [0.3, 0.4) is 0 Å². The molecule has 8 nitrogen and oxygen atoms in total. The molecule has 1 N–H and O–H groups in total. The Balaban J connectivity index is 0.000000383. The van der Waals surface area contributed by atoms with E-state index in [0.717, 1.165) is 57.2 Å². The van der Waals surface area contributed by atoms with Crippen molar-refractivity contribution >= 4 is 21.9 Å². The van der Waals surface area contributed by atoms with Gasteiger partial charge in [-0.05, 0) is 55.6 Å². The van der Waals surface area contributed by atoms with E-state index in [1.54, 1.807) is 16.7 Å². The molecule has 0 unspecified atom stereocenters. The third kappa shape index (κ3) is 6.66. The van der Waals surface area contributed by atoms with Crippen molar-refractivity contribution in [1.82, 2.24) is 14.2 Å². The van der Waals surface area contributed by atoms with Gasteiger partial charge in [-0.25, -0.2) is 17.5 Å². The van der Waals surface area contributed by atoms with Crippen LogP contribution in [0.15, 0.2) is 24.5 Å². The van der Waals surface area contributed by atoms with Crippen LogP contribution in [0.25, 0.3) is 0 Å². The summed E-state index contributed by atoms with van der Waals surface area (Å²) in [6.07, 6.45) is 4.30. The molecule has 1 amide bonds. The summed E-state index contributed by atoms with van der Waals surface area (Å²) in [6, 6.07) is 3.80. The summed E-state index contributed by atoms with van der Waals surface area (Å²) in [5.41, 5.74) is 1.18. The molecule has 0 atom stereocenters. The minimum atomic E-state index is -5.08. The molecule has 1 aromatic rings. The van der Waals surface area contributed by atoms with Crippen molar-refractivity contribution in [1.29, 1.82) is 0 Å². The number of carboxylic acid groups (broad SMARTS) is 1. The standard InChI is InChI=1S/C19H27N3O3S.C2HF3O2/c23-18(14-16-2-1-9-20-15-16)21-10-5-19(6-11-21)7-12-22(13-8-19)26(24,25)17-3-4-17;3-2(4,5)1(6)7/h1-2,9,15,17H,3-8,10-14H2;(H,6,7). The van der Waals surface area contributed by atoms with E-state index >= 15 is 0 Å². The average molecular weight is 492 g/mol. The van der Waals surface area contributed by atoms with Crippen molar-refractivity contribution in [3.05, 3.63) is 30.1 Å². The fourth-order valence-corrected chi connectivity index (χ4v) is 6.16. The monoisotopic (exact) mass is 491 g/mol. The lowest BCUT2D eigenvalue weighted by Crippen LogP contribution is -2.50. The molecule has 3 fully saturated rings. The molecule has 3 heterocycles. The van der Waals surface area contributed by atoms with Gasteiger partial charge in [0.1, 0.15) is 0 Å². The second-order valence-electron chi connectivity index (χ2n) is 8.87. The number of piperidine rings is 2. The van der Waals surface area contributed by atoms with Gasteiger partial charge in [0, 0.05) is 38.6 Å². The van der Waals surface area contributed by atoms with E-state index in [-0.39, 0.29) is 16.6 Å². The lowest BCUT2D eigenvalue weighted by atomic mass is 9.71. The number of alkyl halides is 3. The zero-order valence-electron chi connectivity index (χ0n) is 18.1. The van der Waals surface area contributed by atoms with Gasteiger partial charge in [0.05, 0.1) is 11.7 Å². The van der Waals surface area contributed by atoms with Crippen LogP contribution in [0.2, 0.25) is 0 Å². The first-order valence-corrected chi connectivity index (χ1v) is 12.4. The highest BCUT2D eigenvalue weighted by Crippen LogP contribution is 2.43. The highest BCUT2D eigenvalue weighted by Gasteiger charge is 2.45. The summed E-state index contributed by atoms with van der Waals surface area (Å²) in [7, 11) is -3.04. The zero-order valence-corrected chi connectivity index (χ0v) is 18.9. The quantitative estimate of drug-likeness (QED) is 0.693. The van der Waals surface area contributed by atoms with E-state index in [9.17, 15) is 26.4 Å². The molecule has 1 saturated carbocycles. The summed E-state index contributed by atoms with van der Waals surface area (Å²) < 4.78 is 58.3. The van der Waals surface area contributed by atoms with Crippen LogP contribution in [-0.2, 0) is 26.0 Å². The molecule has 1 spiro atoms. The number of carbonyl (C=O) groups is 2. The van der Waals surface area contributed by atoms with E-state index in [0.29, 0.717) is 19.5 Å². The minimum Gasteiger partial charge on any atom is -0.475 e. The molecule has 12 heteroatoms. The van der Waals surface area contributed by atoms with Crippen LogP contribution >= 0.6 is 0 Å². The molecule has 1 aliphatic carbocycles. The van der Waals surface area contributed by atoms with Crippen molar-refractivity contribution in [2.45, 2.75) is 56.4 Å². The number of halogens is 3. The van der Waals surface area contributed by atoms with Crippen molar-refractivity contribution in [2.75, 3.05) is 26.2 Å². The maximum absolute atomic E-state index is 12.5. The van der Waals surface area contributed by atoms with E-state index in [2.05, 4.69) is 4.98 Å². The van der Waals surface area contributed by atoms with Gasteiger partial charge in [0.2, 0.25) is 15.9 Å². The van der Waals surface area contributed by atoms with Crippen LogP contribution in [0.4, 0.5) is 13.2 Å². The third-order valence-electron chi connectivity index (χ3n) is 6.59. The highest BCUT2D eigenvalue weighted by molar-refractivity contribution is 7.90. The summed E-state index contributed by atoms with van der Waals surface area (Å²) in [6.45, 7) is 2.88. The predicted molar refractivity (Wildman–Crippen MR) is 113 cm³/mol. The molecule has 0 aromatic carbocycles. The van der Waals surface area contributed by atoms with Crippen LogP contribution in [0, 0.1) is 5.41 Å². The Labute approximate surface area is 190 Å². The number of carboxylic acids is 1. The molecular formula is C21H28F3N3O5S. The number of likely N-dealkylation sites (tertiary alicyclic amines) is 1. The van der Waals surface area contributed by atoms with Crippen LogP contribution in [0.5, 0.6) is 0 Å². The Hall–Kier alpha value is -2.21. The van der Waals surface area contributed by atoms with Crippen LogP contribution in [-0.4, -0.2) is 77.2 Å². The summed E-state index contributed by atoms with van der Waals surface area (Å²) in [5.74, 6) is -2.59. The largest absolute Gasteiger partial charge is 0.490 e. The van der Waals surface area contributed by atoms with Crippen molar-refractivity contribution in [3.8, 4) is 0 Å². The number of aliphatic carboxylic acids is 1. The number of rotatable bonds is 4. The van der Waals surface area contributed by atoms with E-state index in [1.807, 2.05) is 17.0 Å². The third-order valence-corrected chi connectivity index (χ3v) is 8.98. The lowest BCUT2D eigenvalue weighted by molar-refractivity contribution is -0.192. The average Bonchev–Trinajstić information content (AvgIpc) is 3.61. The molecule has 4 rings (SSSR count). The molecule has 0 bridgehead atoms. The van der Waals surface area contributed by atoms with Gasteiger partial charge in [-0.3, -0.25) is 9.78 Å². The Kier molecular flexibility index (Phi) is 7.67. The second kappa shape index (κ2) is 9.96. The molecule has 2 saturated heterocycles. The summed E-state index contributed by atoms with van der Waals surface area (Å²) in [5, 5.41) is 7.02. The maximum atomic E-state index is 12.5. The summed E-state index contributed by atoms with van der Waals surface area (Å²) >= 11 is 0. The number of hydrogen-bond acceptors (Lipinski definition) is 5. The zero-order chi connectivity index (χ0) is 24.3. The van der Waals surface area contributed by atoms with Crippen LogP contribution < -0.4 is 0 Å². The fraction of sp³-hybridized carbons (Fsp3) is 0.667. The number of carbonyl (C=O) groups excluding carboxylic acids is 1. The molecular weight excluding hydrogens is 463 g/mol. The van der Waals surface area contributed by atoms with Gasteiger partial charge in [-0.15, -0.1) is 0 Å². The first-order valence-electron chi connectivity index (χ1n) is 10.9. The van der Waals surface area contributed by atoms with Crippen molar-refractivity contribution < 1.29 is 36.3 Å². The smallest absolute Gasteiger partial charge is 0.475 e. The number of sulfonamides is 1. The molecule has 3 aliphatic rings. The van der Waals surface area contributed by atoms with Gasteiger partial charge in [0.15, 0.2) is 0 Å². The SMILES string of the molecule is O=C(Cc1cccnc1)N1CCC2(CC1)CCN(S(=O)(=O)C1CC1)CC2.O=C(O)C(F)(F)F. The van der Waals surface area contributed by atoms with Crippen molar-refractivity contribution in [2.24, 2.45) is 5.41 Å².